The van der Waals surface area contributed by atoms with E-state index in [0.717, 1.165) is 11.4 Å². The standard InChI is InChI=1S/C66H46N2Si/c1-5-23-47(24-6-1)49-27-19-33-53(45-49)69(51-29-9-3-10-30-51,52-31-11-4-12-32-52)54-34-20-28-50(46-54)67-60-40-17-16-38-59(60)66-63(67)43-22-44-64(66)68-61-41-18-15-37-58(61)65-57(39-21-42-62(65)68)56-36-14-13-35-55(56)48-25-7-2-8-26-48/h1-46H. The van der Waals surface area contributed by atoms with Crippen LogP contribution in [0.1, 0.15) is 0 Å². The van der Waals surface area contributed by atoms with Gasteiger partial charge in [0.15, 0.2) is 8.07 Å². The first kappa shape index (κ1) is 40.5. The van der Waals surface area contributed by atoms with E-state index >= 15 is 0 Å². The Morgan fingerprint density at radius 1 is 0.246 bits per heavy atom. The molecular formula is C66H46N2Si. The van der Waals surface area contributed by atoms with E-state index in [2.05, 4.69) is 288 Å². The smallest absolute Gasteiger partial charge is 0.179 e. The molecular weight excluding hydrogens is 849 g/mol. The summed E-state index contributed by atoms with van der Waals surface area (Å²) in [5.74, 6) is 0. The maximum absolute atomic E-state index is 2.94. The van der Waals surface area contributed by atoms with E-state index in [1.807, 2.05) is 0 Å². The van der Waals surface area contributed by atoms with E-state index in [-0.39, 0.29) is 0 Å². The van der Waals surface area contributed by atoms with Crippen LogP contribution in [0.25, 0.3) is 88.4 Å². The fourth-order valence-corrected chi connectivity index (χ4v) is 16.2. The number of nitrogens with zero attached hydrogens (tertiary/aromatic N) is 2. The van der Waals surface area contributed by atoms with Crippen molar-refractivity contribution in [2.45, 2.75) is 0 Å². The Kier molecular flexibility index (Phi) is 9.88. The Morgan fingerprint density at radius 2 is 0.681 bits per heavy atom. The van der Waals surface area contributed by atoms with Gasteiger partial charge in [-0.2, -0.15) is 0 Å². The molecule has 0 aliphatic carbocycles. The molecule has 0 saturated carbocycles. The lowest BCUT2D eigenvalue weighted by Crippen LogP contribution is -2.74. The van der Waals surface area contributed by atoms with Crippen molar-refractivity contribution in [2.75, 3.05) is 0 Å². The lowest BCUT2D eigenvalue weighted by Gasteiger charge is -2.35. The highest BCUT2D eigenvalue weighted by Crippen LogP contribution is 2.44. The van der Waals surface area contributed by atoms with Crippen LogP contribution >= 0.6 is 0 Å². The molecule has 0 unspecified atom stereocenters. The maximum atomic E-state index is 2.51. The van der Waals surface area contributed by atoms with Crippen LogP contribution < -0.4 is 20.7 Å². The lowest BCUT2D eigenvalue weighted by molar-refractivity contribution is 1.17. The second-order valence-electron chi connectivity index (χ2n) is 18.0. The highest BCUT2D eigenvalue weighted by molar-refractivity contribution is 7.20. The second kappa shape index (κ2) is 16.8. The molecule has 0 amide bonds. The van der Waals surface area contributed by atoms with Crippen molar-refractivity contribution in [1.29, 1.82) is 0 Å². The zero-order valence-electron chi connectivity index (χ0n) is 38.0. The van der Waals surface area contributed by atoms with Gasteiger partial charge in [-0.15, -0.1) is 0 Å². The third-order valence-electron chi connectivity index (χ3n) is 14.3. The minimum Gasteiger partial charge on any atom is -0.309 e. The largest absolute Gasteiger partial charge is 0.309 e. The van der Waals surface area contributed by atoms with E-state index in [9.17, 15) is 0 Å². The number of aromatic nitrogens is 2. The number of hydrogen-bond donors (Lipinski definition) is 0. The van der Waals surface area contributed by atoms with E-state index in [1.165, 1.54) is 97.7 Å². The van der Waals surface area contributed by atoms with Crippen LogP contribution in [0.2, 0.25) is 0 Å². The molecule has 13 rings (SSSR count). The molecule has 0 saturated heterocycles. The first-order chi connectivity index (χ1) is 34.3. The third kappa shape index (κ3) is 6.54. The Balaban J connectivity index is 1.06. The predicted octanol–water partition coefficient (Wildman–Crippen LogP) is 14.3. The molecule has 0 radical (unpaired) electrons. The number of fused-ring (bicyclic) bond motifs is 6. The zero-order chi connectivity index (χ0) is 45.7. The summed E-state index contributed by atoms with van der Waals surface area (Å²) in [5, 5.41) is 10.3. The van der Waals surface area contributed by atoms with Gasteiger partial charge in [0, 0.05) is 27.2 Å². The zero-order valence-corrected chi connectivity index (χ0v) is 39.0. The van der Waals surface area contributed by atoms with Crippen LogP contribution in [0.4, 0.5) is 0 Å². The quantitative estimate of drug-likeness (QED) is 0.101. The SMILES string of the molecule is c1ccc(-c2cccc([Si](c3ccccc3)(c3ccccc3)c3cccc(-n4c5ccccc5c5c(-n6c7ccccc7c7c(-c8ccccc8-c8ccccc8)cccc76)cccc54)c3)c2)cc1. The molecule has 0 bridgehead atoms. The van der Waals surface area contributed by atoms with Gasteiger partial charge in [-0.25, -0.2) is 0 Å². The van der Waals surface area contributed by atoms with Crippen LogP contribution in [0.15, 0.2) is 279 Å². The van der Waals surface area contributed by atoms with Gasteiger partial charge < -0.3 is 9.13 Å². The van der Waals surface area contributed by atoms with Crippen LogP contribution in [0, 0.1) is 0 Å². The molecule has 69 heavy (non-hydrogen) atoms. The van der Waals surface area contributed by atoms with Crippen molar-refractivity contribution >= 4 is 72.4 Å². The molecule has 11 aromatic carbocycles. The van der Waals surface area contributed by atoms with Crippen molar-refractivity contribution < 1.29 is 0 Å². The van der Waals surface area contributed by atoms with Crippen LogP contribution in [0.5, 0.6) is 0 Å². The molecule has 0 fully saturated rings. The molecule has 0 atom stereocenters. The Labute approximate surface area is 403 Å². The van der Waals surface area contributed by atoms with Crippen molar-refractivity contribution in [3.8, 4) is 44.8 Å². The molecule has 0 aliphatic heterocycles. The summed E-state index contributed by atoms with van der Waals surface area (Å²) in [6.45, 7) is 0. The van der Waals surface area contributed by atoms with Gasteiger partial charge >= 0.3 is 0 Å². The Hall–Kier alpha value is -8.76. The monoisotopic (exact) mass is 894 g/mol. The third-order valence-corrected chi connectivity index (χ3v) is 19.0. The van der Waals surface area contributed by atoms with E-state index in [0.29, 0.717) is 0 Å². The second-order valence-corrected chi connectivity index (χ2v) is 21.8. The summed E-state index contributed by atoms with van der Waals surface area (Å²) < 4.78 is 5.01. The number of para-hydroxylation sites is 2. The molecule has 2 nitrogen and oxygen atoms in total. The van der Waals surface area contributed by atoms with Crippen LogP contribution in [-0.2, 0) is 0 Å². The van der Waals surface area contributed by atoms with Crippen LogP contribution in [-0.4, -0.2) is 17.2 Å². The van der Waals surface area contributed by atoms with Crippen molar-refractivity contribution in [1.82, 2.24) is 9.13 Å². The fraction of sp³-hybridized carbons (Fsp3) is 0. The molecule has 13 aromatic rings. The van der Waals surface area contributed by atoms with Gasteiger partial charge in [-0.05, 0) is 96.6 Å². The summed E-state index contributed by atoms with van der Waals surface area (Å²) in [5.41, 5.74) is 14.3. The highest BCUT2D eigenvalue weighted by Gasteiger charge is 2.42. The van der Waals surface area contributed by atoms with Crippen molar-refractivity contribution in [3.63, 3.8) is 0 Å². The molecule has 3 heteroatoms. The molecule has 0 aliphatic rings. The van der Waals surface area contributed by atoms with Gasteiger partial charge in [0.2, 0.25) is 0 Å². The molecule has 2 heterocycles. The summed E-state index contributed by atoms with van der Waals surface area (Å²) in [4.78, 5) is 0. The molecule has 2 aromatic heterocycles. The molecule has 324 valence electrons. The summed E-state index contributed by atoms with van der Waals surface area (Å²) in [7, 11) is -2.94. The minimum atomic E-state index is -2.94. The van der Waals surface area contributed by atoms with Crippen molar-refractivity contribution in [2.24, 2.45) is 0 Å². The number of benzene rings is 11. The normalized spacial score (nSPS) is 11.8. The Bertz CT molecular complexity index is 3960. The predicted molar refractivity (Wildman–Crippen MR) is 295 cm³/mol. The lowest BCUT2D eigenvalue weighted by atomic mass is 9.92. The number of rotatable bonds is 9. The van der Waals surface area contributed by atoms with E-state index in [4.69, 9.17) is 0 Å². The number of hydrogen-bond acceptors (Lipinski definition) is 0. The van der Waals surface area contributed by atoms with E-state index in [1.54, 1.807) is 0 Å². The van der Waals surface area contributed by atoms with Gasteiger partial charge in [0.05, 0.1) is 27.8 Å². The van der Waals surface area contributed by atoms with Crippen LogP contribution in [0.3, 0.4) is 0 Å². The average Bonchev–Trinajstić information content (AvgIpc) is 3.96. The van der Waals surface area contributed by atoms with Gasteiger partial charge in [0.1, 0.15) is 0 Å². The topological polar surface area (TPSA) is 9.86 Å². The summed E-state index contributed by atoms with van der Waals surface area (Å²) >= 11 is 0. The summed E-state index contributed by atoms with van der Waals surface area (Å²) in [6, 6.07) is 103. The minimum absolute atomic E-state index is 1.14. The van der Waals surface area contributed by atoms with Gasteiger partial charge in [-0.3, -0.25) is 0 Å². The maximum Gasteiger partial charge on any atom is 0.179 e. The highest BCUT2D eigenvalue weighted by atomic mass is 28.3. The first-order valence-corrected chi connectivity index (χ1v) is 25.8. The Morgan fingerprint density at radius 3 is 1.36 bits per heavy atom. The average molecular weight is 895 g/mol. The van der Waals surface area contributed by atoms with Crippen molar-refractivity contribution in [3.05, 3.63) is 279 Å². The van der Waals surface area contributed by atoms with Gasteiger partial charge in [0.25, 0.3) is 0 Å². The van der Waals surface area contributed by atoms with Gasteiger partial charge in [-0.1, -0.05) is 237 Å². The first-order valence-electron chi connectivity index (χ1n) is 23.8. The fourth-order valence-electron chi connectivity index (χ4n) is 11.4. The molecule has 0 N–H and O–H groups in total. The summed E-state index contributed by atoms with van der Waals surface area (Å²) in [6.07, 6.45) is 0. The van der Waals surface area contributed by atoms with E-state index < -0.39 is 8.07 Å². The molecule has 0 spiro atoms.